The average Bonchev–Trinajstić information content (AvgIpc) is 2.81. The van der Waals surface area contributed by atoms with E-state index in [-0.39, 0.29) is 11.6 Å². The Morgan fingerprint density at radius 1 is 1.12 bits per heavy atom. The molecule has 2 aliphatic rings. The summed E-state index contributed by atoms with van der Waals surface area (Å²) < 4.78 is 6.07. The van der Waals surface area contributed by atoms with Crippen LogP contribution in [0.2, 0.25) is 0 Å². The number of nitrogens with two attached hydrogens (primary N) is 1. The zero-order chi connectivity index (χ0) is 12.1. The molecule has 2 aliphatic carbocycles. The summed E-state index contributed by atoms with van der Waals surface area (Å²) in [6.07, 6.45) is 13.2. The van der Waals surface area contributed by atoms with Gasteiger partial charge in [0.25, 0.3) is 0 Å². The average molecular weight is 239 g/mol. The summed E-state index contributed by atoms with van der Waals surface area (Å²) in [5.74, 6) is 0.872. The molecular formula is C15H29NO. The van der Waals surface area contributed by atoms with Gasteiger partial charge in [0, 0.05) is 12.6 Å². The molecule has 0 aromatic rings. The van der Waals surface area contributed by atoms with Gasteiger partial charge in [-0.2, -0.15) is 0 Å². The molecular weight excluding hydrogens is 210 g/mol. The van der Waals surface area contributed by atoms with E-state index in [1.54, 1.807) is 0 Å². The van der Waals surface area contributed by atoms with Crippen molar-refractivity contribution in [1.82, 2.24) is 0 Å². The summed E-state index contributed by atoms with van der Waals surface area (Å²) in [6.45, 7) is 2.92. The van der Waals surface area contributed by atoms with Gasteiger partial charge in [-0.15, -0.1) is 0 Å². The fraction of sp³-hybridized carbons (Fsp3) is 1.00. The lowest BCUT2D eigenvalue weighted by atomic mass is 9.80. The zero-order valence-electron chi connectivity index (χ0n) is 11.4. The molecule has 17 heavy (non-hydrogen) atoms. The normalized spacial score (nSPS) is 27.2. The van der Waals surface area contributed by atoms with Gasteiger partial charge in [0.15, 0.2) is 0 Å². The van der Waals surface area contributed by atoms with Crippen LogP contribution in [0.4, 0.5) is 0 Å². The Balaban J connectivity index is 1.89. The van der Waals surface area contributed by atoms with Crippen LogP contribution in [0.3, 0.4) is 0 Å². The maximum Gasteiger partial charge on any atom is 0.0832 e. The first-order valence-electron chi connectivity index (χ1n) is 7.66. The van der Waals surface area contributed by atoms with Gasteiger partial charge in [-0.05, 0) is 32.1 Å². The second-order valence-electron chi connectivity index (χ2n) is 6.05. The molecule has 2 fully saturated rings. The number of hydrogen-bond donors (Lipinski definition) is 1. The van der Waals surface area contributed by atoms with Crippen LogP contribution in [0.1, 0.15) is 71.1 Å². The van der Waals surface area contributed by atoms with Crippen LogP contribution in [-0.2, 0) is 4.74 Å². The van der Waals surface area contributed by atoms with Crippen molar-refractivity contribution in [1.29, 1.82) is 0 Å². The molecule has 100 valence electrons. The predicted octanol–water partition coefficient (Wildman–Crippen LogP) is 3.63. The van der Waals surface area contributed by atoms with Gasteiger partial charge in [-0.3, -0.25) is 0 Å². The Kier molecular flexibility index (Phi) is 4.87. The van der Waals surface area contributed by atoms with Gasteiger partial charge in [0.1, 0.15) is 0 Å². The summed E-state index contributed by atoms with van der Waals surface area (Å²) in [5.41, 5.74) is 6.54. The highest BCUT2D eigenvalue weighted by Crippen LogP contribution is 2.39. The number of hydrogen-bond acceptors (Lipinski definition) is 2. The van der Waals surface area contributed by atoms with Crippen LogP contribution >= 0.6 is 0 Å². The molecule has 0 spiro atoms. The zero-order valence-corrected chi connectivity index (χ0v) is 11.4. The van der Waals surface area contributed by atoms with Gasteiger partial charge in [0.05, 0.1) is 5.60 Å². The SMILES string of the molecule is CCOC1(C(N)CC2CCCCC2)CCCC1. The predicted molar refractivity (Wildman–Crippen MR) is 72.0 cm³/mol. The Hall–Kier alpha value is -0.0800. The highest BCUT2D eigenvalue weighted by atomic mass is 16.5. The van der Waals surface area contributed by atoms with Gasteiger partial charge >= 0.3 is 0 Å². The quantitative estimate of drug-likeness (QED) is 0.795. The Morgan fingerprint density at radius 2 is 1.76 bits per heavy atom. The standard InChI is InChI=1S/C15H29NO/c1-2-17-15(10-6-7-11-15)14(16)12-13-8-4-3-5-9-13/h13-14H,2-12,16H2,1H3. The molecule has 0 amide bonds. The highest BCUT2D eigenvalue weighted by Gasteiger charge is 2.41. The minimum absolute atomic E-state index is 0.0339. The lowest BCUT2D eigenvalue weighted by Gasteiger charge is -2.37. The molecule has 1 unspecified atom stereocenters. The van der Waals surface area contributed by atoms with Crippen molar-refractivity contribution in [2.45, 2.75) is 82.8 Å². The van der Waals surface area contributed by atoms with E-state index < -0.39 is 0 Å². The van der Waals surface area contributed by atoms with Crippen LogP contribution in [0.15, 0.2) is 0 Å². The lowest BCUT2D eigenvalue weighted by molar-refractivity contribution is -0.0581. The second kappa shape index (κ2) is 6.19. The van der Waals surface area contributed by atoms with E-state index in [9.17, 15) is 0 Å². The largest absolute Gasteiger partial charge is 0.374 e. The van der Waals surface area contributed by atoms with Crippen molar-refractivity contribution in [2.75, 3.05) is 6.61 Å². The Morgan fingerprint density at radius 3 is 2.35 bits per heavy atom. The molecule has 2 heteroatoms. The van der Waals surface area contributed by atoms with Crippen LogP contribution in [0.5, 0.6) is 0 Å². The van der Waals surface area contributed by atoms with Gasteiger partial charge in [-0.25, -0.2) is 0 Å². The van der Waals surface area contributed by atoms with E-state index in [4.69, 9.17) is 10.5 Å². The summed E-state index contributed by atoms with van der Waals surface area (Å²) >= 11 is 0. The fourth-order valence-corrected chi connectivity index (χ4v) is 3.88. The third-order valence-electron chi connectivity index (χ3n) is 4.87. The second-order valence-corrected chi connectivity index (χ2v) is 6.05. The topological polar surface area (TPSA) is 35.2 Å². The third-order valence-corrected chi connectivity index (χ3v) is 4.87. The molecule has 0 saturated heterocycles. The summed E-state index contributed by atoms with van der Waals surface area (Å²) in [4.78, 5) is 0. The monoisotopic (exact) mass is 239 g/mol. The van der Waals surface area contributed by atoms with Crippen molar-refractivity contribution in [2.24, 2.45) is 11.7 Å². The van der Waals surface area contributed by atoms with Crippen LogP contribution in [0.25, 0.3) is 0 Å². The van der Waals surface area contributed by atoms with Crippen molar-refractivity contribution in [3.8, 4) is 0 Å². The first-order valence-corrected chi connectivity index (χ1v) is 7.66. The van der Waals surface area contributed by atoms with Gasteiger partial charge in [0.2, 0.25) is 0 Å². The van der Waals surface area contributed by atoms with Crippen LogP contribution in [0, 0.1) is 5.92 Å². The Bertz CT molecular complexity index is 217. The first kappa shape index (κ1) is 13.4. The van der Waals surface area contributed by atoms with Crippen LogP contribution in [-0.4, -0.2) is 18.2 Å². The van der Waals surface area contributed by atoms with Crippen molar-refractivity contribution >= 4 is 0 Å². The van der Waals surface area contributed by atoms with E-state index in [1.165, 1.54) is 64.2 Å². The third kappa shape index (κ3) is 3.23. The molecule has 0 aromatic heterocycles. The van der Waals surface area contributed by atoms with E-state index in [1.807, 2.05) is 0 Å². The molecule has 0 aromatic carbocycles. The lowest BCUT2D eigenvalue weighted by Crippen LogP contribution is -2.49. The van der Waals surface area contributed by atoms with E-state index in [2.05, 4.69) is 6.92 Å². The molecule has 2 N–H and O–H groups in total. The first-order chi connectivity index (χ1) is 8.27. The van der Waals surface area contributed by atoms with E-state index >= 15 is 0 Å². The molecule has 0 heterocycles. The number of ether oxygens (including phenoxy) is 1. The van der Waals surface area contributed by atoms with Gasteiger partial charge < -0.3 is 10.5 Å². The molecule has 2 rings (SSSR count). The highest BCUT2D eigenvalue weighted by molar-refractivity contribution is 4.96. The van der Waals surface area contributed by atoms with E-state index in [0.29, 0.717) is 0 Å². The van der Waals surface area contributed by atoms with E-state index in [0.717, 1.165) is 12.5 Å². The van der Waals surface area contributed by atoms with Crippen LogP contribution < -0.4 is 5.73 Å². The maximum absolute atomic E-state index is 6.51. The maximum atomic E-state index is 6.51. The fourth-order valence-electron chi connectivity index (χ4n) is 3.88. The molecule has 0 bridgehead atoms. The molecule has 2 saturated carbocycles. The summed E-state index contributed by atoms with van der Waals surface area (Å²) in [7, 11) is 0. The van der Waals surface area contributed by atoms with Crippen molar-refractivity contribution in [3.05, 3.63) is 0 Å². The Labute approximate surface area is 106 Å². The molecule has 0 aliphatic heterocycles. The van der Waals surface area contributed by atoms with Gasteiger partial charge in [-0.1, -0.05) is 44.9 Å². The summed E-state index contributed by atoms with van der Waals surface area (Å²) in [6, 6.07) is 0.271. The smallest absolute Gasteiger partial charge is 0.0832 e. The molecule has 2 nitrogen and oxygen atoms in total. The molecule has 1 atom stereocenters. The minimum Gasteiger partial charge on any atom is -0.374 e. The summed E-state index contributed by atoms with van der Waals surface area (Å²) in [5, 5.41) is 0. The minimum atomic E-state index is 0.0339. The molecule has 0 radical (unpaired) electrons. The number of rotatable bonds is 5. The van der Waals surface area contributed by atoms with Crippen molar-refractivity contribution < 1.29 is 4.74 Å². The van der Waals surface area contributed by atoms with Crippen molar-refractivity contribution in [3.63, 3.8) is 0 Å².